The molecule has 15 heavy (non-hydrogen) atoms. The molecule has 6 heteroatoms. The van der Waals surface area contributed by atoms with Crippen LogP contribution in [0, 0.1) is 11.2 Å². The van der Waals surface area contributed by atoms with Crippen LogP contribution in [0.2, 0.25) is 0 Å². The van der Waals surface area contributed by atoms with Gasteiger partial charge in [-0.15, -0.1) is 0 Å². The summed E-state index contributed by atoms with van der Waals surface area (Å²) in [5.74, 6) is 2.91. The van der Waals surface area contributed by atoms with Gasteiger partial charge in [0.15, 0.2) is 5.65 Å². The molecule has 0 fully saturated rings. The van der Waals surface area contributed by atoms with E-state index in [4.69, 9.17) is 5.73 Å². The van der Waals surface area contributed by atoms with Gasteiger partial charge in [-0.25, -0.2) is 9.97 Å². The van der Waals surface area contributed by atoms with E-state index in [0.717, 1.165) is 5.52 Å². The summed E-state index contributed by atoms with van der Waals surface area (Å²) < 4.78 is 0. The molecule has 0 saturated carbocycles. The number of imidazole rings is 1. The van der Waals surface area contributed by atoms with Crippen LogP contribution >= 0.6 is 11.8 Å². The van der Waals surface area contributed by atoms with Crippen molar-refractivity contribution in [1.29, 1.82) is 0 Å². The van der Waals surface area contributed by atoms with Gasteiger partial charge >= 0.3 is 0 Å². The molecule has 0 radical (unpaired) electrons. The second-order valence-electron chi connectivity index (χ2n) is 2.71. The monoisotopic (exact) mass is 219 g/mol. The normalized spacial score (nSPS) is 9.93. The summed E-state index contributed by atoms with van der Waals surface area (Å²) in [6.07, 6.45) is 3.98. The van der Waals surface area contributed by atoms with Gasteiger partial charge in [-0.05, 0) is 5.25 Å². The van der Waals surface area contributed by atoms with Gasteiger partial charge < -0.3 is 10.7 Å². The summed E-state index contributed by atoms with van der Waals surface area (Å²) in [4.78, 5) is 15.3. The van der Waals surface area contributed by atoms with Gasteiger partial charge in [0.25, 0.3) is 0 Å². The van der Waals surface area contributed by atoms with Gasteiger partial charge in [-0.3, -0.25) is 0 Å². The smallest absolute Gasteiger partial charge is 0.202 e. The second-order valence-corrected chi connectivity index (χ2v) is 3.49. The molecule has 0 saturated heterocycles. The lowest BCUT2D eigenvalue weighted by Gasteiger charge is -1.91. The highest BCUT2D eigenvalue weighted by atomic mass is 32.2. The van der Waals surface area contributed by atoms with Crippen molar-refractivity contribution in [1.82, 2.24) is 19.9 Å². The number of nitrogens with two attached hydrogens (primary N) is 1. The van der Waals surface area contributed by atoms with E-state index in [0.29, 0.717) is 23.8 Å². The molecule has 2 rings (SSSR count). The Balaban J connectivity index is 2.12. The number of nitrogens with zero attached hydrogens (tertiary/aromatic N) is 3. The molecule has 3 N–H and O–H groups in total. The first-order valence-electron chi connectivity index (χ1n) is 4.41. The van der Waals surface area contributed by atoms with E-state index in [9.17, 15) is 0 Å². The zero-order chi connectivity index (χ0) is 10.5. The molecule has 0 bridgehead atoms. The standard InChI is InChI=1S/C9H9N5S/c10-3-1-2-4-15-9-11-5-7-8(14-9)13-6-12-7/h5-6H,1,3,10H2,(H,11,12,13,14). The Labute approximate surface area is 90.9 Å². The highest BCUT2D eigenvalue weighted by Gasteiger charge is 2.00. The third-order valence-corrected chi connectivity index (χ3v) is 2.26. The molecular formula is C9H9N5S. The van der Waals surface area contributed by atoms with Gasteiger partial charge in [-0.1, -0.05) is 5.92 Å². The molecule has 2 heterocycles. The minimum atomic E-state index is 0.576. The third-order valence-electron chi connectivity index (χ3n) is 1.64. The number of thioether (sulfide) groups is 1. The first-order valence-corrected chi connectivity index (χ1v) is 5.22. The van der Waals surface area contributed by atoms with Crippen LogP contribution < -0.4 is 5.73 Å². The Hall–Kier alpha value is -1.58. The SMILES string of the molecule is NCCC#CSc1ncc2[nH]cnc2n1. The van der Waals surface area contributed by atoms with Gasteiger partial charge in [0.05, 0.1) is 12.5 Å². The largest absolute Gasteiger partial charge is 0.342 e. The van der Waals surface area contributed by atoms with Crippen molar-refractivity contribution in [3.8, 4) is 11.2 Å². The highest BCUT2D eigenvalue weighted by Crippen LogP contribution is 2.13. The Morgan fingerprint density at radius 2 is 2.40 bits per heavy atom. The van der Waals surface area contributed by atoms with E-state index in [1.807, 2.05) is 0 Å². The van der Waals surface area contributed by atoms with Crippen LogP contribution in [-0.2, 0) is 0 Å². The van der Waals surface area contributed by atoms with Gasteiger partial charge in [-0.2, -0.15) is 4.98 Å². The fourth-order valence-corrected chi connectivity index (χ4v) is 1.48. The number of fused-ring (bicyclic) bond motifs is 1. The summed E-state index contributed by atoms with van der Waals surface area (Å²) >= 11 is 1.29. The van der Waals surface area contributed by atoms with Crippen molar-refractivity contribution in [2.75, 3.05) is 6.54 Å². The highest BCUT2D eigenvalue weighted by molar-refractivity contribution is 8.03. The minimum Gasteiger partial charge on any atom is -0.342 e. The summed E-state index contributed by atoms with van der Waals surface area (Å²) in [6, 6.07) is 0. The Morgan fingerprint density at radius 1 is 1.47 bits per heavy atom. The number of aromatic amines is 1. The zero-order valence-electron chi connectivity index (χ0n) is 7.90. The molecule has 0 unspecified atom stereocenters. The lowest BCUT2D eigenvalue weighted by Crippen LogP contribution is -1.95. The molecule has 0 aromatic carbocycles. The molecule has 0 aliphatic heterocycles. The van der Waals surface area contributed by atoms with Crippen molar-refractivity contribution in [3.63, 3.8) is 0 Å². The Kier molecular flexibility index (Phi) is 3.17. The van der Waals surface area contributed by atoms with Crippen LogP contribution in [0.5, 0.6) is 0 Å². The van der Waals surface area contributed by atoms with Crippen molar-refractivity contribution < 1.29 is 0 Å². The Morgan fingerprint density at radius 3 is 3.27 bits per heavy atom. The first-order chi connectivity index (χ1) is 7.40. The van der Waals surface area contributed by atoms with E-state index in [1.54, 1.807) is 12.5 Å². The lowest BCUT2D eigenvalue weighted by molar-refractivity contribution is 0.998. The zero-order valence-corrected chi connectivity index (χ0v) is 8.71. The van der Waals surface area contributed by atoms with Crippen LogP contribution in [-0.4, -0.2) is 26.5 Å². The van der Waals surface area contributed by atoms with Crippen LogP contribution in [0.25, 0.3) is 11.2 Å². The third kappa shape index (κ3) is 2.46. The lowest BCUT2D eigenvalue weighted by atomic mass is 10.5. The molecule has 0 aliphatic carbocycles. The number of hydrogen-bond donors (Lipinski definition) is 2. The molecule has 0 atom stereocenters. The quantitative estimate of drug-likeness (QED) is 0.442. The molecule has 0 aliphatic rings. The van der Waals surface area contributed by atoms with Crippen LogP contribution in [0.4, 0.5) is 0 Å². The Bertz CT molecular complexity index is 510. The second kappa shape index (κ2) is 4.77. The van der Waals surface area contributed by atoms with E-state index in [2.05, 4.69) is 31.1 Å². The van der Waals surface area contributed by atoms with E-state index in [-0.39, 0.29) is 0 Å². The number of rotatable bonds is 2. The van der Waals surface area contributed by atoms with Gasteiger partial charge in [0.1, 0.15) is 5.52 Å². The molecule has 76 valence electrons. The first kappa shape index (κ1) is 9.96. The molecular weight excluding hydrogens is 210 g/mol. The number of hydrogen-bond acceptors (Lipinski definition) is 5. The average molecular weight is 219 g/mol. The molecule has 5 nitrogen and oxygen atoms in total. The van der Waals surface area contributed by atoms with Crippen molar-refractivity contribution in [2.24, 2.45) is 5.73 Å². The maximum absolute atomic E-state index is 5.31. The van der Waals surface area contributed by atoms with Crippen molar-refractivity contribution in [3.05, 3.63) is 12.5 Å². The van der Waals surface area contributed by atoms with E-state index in [1.165, 1.54) is 11.8 Å². The molecule has 0 amide bonds. The fourth-order valence-electron chi connectivity index (χ4n) is 0.974. The molecule has 2 aromatic rings. The predicted molar refractivity (Wildman–Crippen MR) is 59.0 cm³/mol. The number of nitrogens with one attached hydrogen (secondary N) is 1. The minimum absolute atomic E-state index is 0.576. The van der Waals surface area contributed by atoms with Gasteiger partial charge in [0, 0.05) is 24.7 Å². The summed E-state index contributed by atoms with van der Waals surface area (Å²) in [7, 11) is 0. The van der Waals surface area contributed by atoms with Crippen molar-refractivity contribution in [2.45, 2.75) is 11.6 Å². The molecule has 2 aromatic heterocycles. The van der Waals surface area contributed by atoms with Crippen molar-refractivity contribution >= 4 is 22.9 Å². The predicted octanol–water partition coefficient (Wildman–Crippen LogP) is 0.755. The van der Waals surface area contributed by atoms with Gasteiger partial charge in [0.2, 0.25) is 5.16 Å². The van der Waals surface area contributed by atoms with Crippen LogP contribution in [0.15, 0.2) is 17.7 Å². The summed E-state index contributed by atoms with van der Waals surface area (Å²) in [6.45, 7) is 0.576. The summed E-state index contributed by atoms with van der Waals surface area (Å²) in [5, 5.41) is 3.49. The maximum atomic E-state index is 5.31. The topological polar surface area (TPSA) is 80.5 Å². The number of aromatic nitrogens is 4. The number of H-pyrrole nitrogens is 1. The van der Waals surface area contributed by atoms with E-state index < -0.39 is 0 Å². The van der Waals surface area contributed by atoms with Crippen LogP contribution in [0.3, 0.4) is 0 Å². The average Bonchev–Trinajstić information content (AvgIpc) is 2.71. The maximum Gasteiger partial charge on any atom is 0.202 e. The van der Waals surface area contributed by atoms with E-state index >= 15 is 0 Å². The fraction of sp³-hybridized carbons (Fsp3) is 0.222. The molecule has 0 spiro atoms. The van der Waals surface area contributed by atoms with Crippen LogP contribution in [0.1, 0.15) is 6.42 Å². The summed E-state index contributed by atoms with van der Waals surface area (Å²) in [5.41, 5.74) is 6.80.